The Morgan fingerprint density at radius 3 is 2.43 bits per heavy atom. The molecule has 30 heavy (non-hydrogen) atoms. The largest absolute Gasteiger partial charge is 0.369 e. The summed E-state index contributed by atoms with van der Waals surface area (Å²) < 4.78 is 13.9. The average molecular weight is 410 g/mol. The smallest absolute Gasteiger partial charge is 0.235 e. The molecule has 1 heterocycles. The fourth-order valence-electron chi connectivity index (χ4n) is 4.96. The number of nitrogens with zero attached hydrogens (tertiary/aromatic N) is 2. The zero-order chi connectivity index (χ0) is 21.1. The molecule has 1 N–H and O–H groups in total. The van der Waals surface area contributed by atoms with Crippen LogP contribution in [-0.2, 0) is 10.2 Å². The number of nitrogens with one attached hydrogen (secondary N) is 1. The van der Waals surface area contributed by atoms with Crippen molar-refractivity contribution in [2.45, 2.75) is 44.9 Å². The standard InChI is InChI=1S/C25H32FN3O/c1-3-28-13-15-29(16-14-28)22-9-10-23(19(2)17-22)27-24(30)25(11-4-5-12-25)20-7-6-8-21(26)18-20/h6-10,17-18H,3-5,11-16H2,1-2H3,(H,27,30). The van der Waals surface area contributed by atoms with Crippen LogP contribution in [-0.4, -0.2) is 43.5 Å². The minimum Gasteiger partial charge on any atom is -0.369 e. The quantitative estimate of drug-likeness (QED) is 0.776. The molecule has 0 radical (unpaired) electrons. The van der Waals surface area contributed by atoms with E-state index in [1.54, 1.807) is 6.07 Å². The van der Waals surface area contributed by atoms with Crippen LogP contribution in [0.2, 0.25) is 0 Å². The lowest BCUT2D eigenvalue weighted by atomic mass is 9.78. The summed E-state index contributed by atoms with van der Waals surface area (Å²) in [5.74, 6) is -0.298. The lowest BCUT2D eigenvalue weighted by Crippen LogP contribution is -2.46. The van der Waals surface area contributed by atoms with E-state index >= 15 is 0 Å². The molecule has 0 atom stereocenters. The second-order valence-corrected chi connectivity index (χ2v) is 8.67. The normalized spacial score (nSPS) is 19.1. The van der Waals surface area contributed by atoms with Crippen LogP contribution >= 0.6 is 0 Å². The molecule has 1 saturated heterocycles. The maximum absolute atomic E-state index is 13.9. The van der Waals surface area contributed by atoms with Crippen molar-refractivity contribution in [3.8, 4) is 0 Å². The molecule has 0 aromatic heterocycles. The van der Waals surface area contributed by atoms with Gasteiger partial charge in [-0.3, -0.25) is 4.79 Å². The van der Waals surface area contributed by atoms with Crippen LogP contribution in [0.3, 0.4) is 0 Å². The molecular formula is C25H32FN3O. The van der Waals surface area contributed by atoms with Gasteiger partial charge in [-0.2, -0.15) is 0 Å². The van der Waals surface area contributed by atoms with E-state index in [2.05, 4.69) is 34.2 Å². The third-order valence-corrected chi connectivity index (χ3v) is 6.91. The number of benzene rings is 2. The summed E-state index contributed by atoms with van der Waals surface area (Å²) in [7, 11) is 0. The van der Waals surface area contributed by atoms with Gasteiger partial charge in [-0.05, 0) is 67.8 Å². The Morgan fingerprint density at radius 2 is 1.80 bits per heavy atom. The van der Waals surface area contributed by atoms with Crippen LogP contribution in [0.15, 0.2) is 42.5 Å². The molecule has 2 aromatic carbocycles. The van der Waals surface area contributed by atoms with E-state index in [9.17, 15) is 9.18 Å². The van der Waals surface area contributed by atoms with E-state index in [1.807, 2.05) is 19.1 Å². The zero-order valence-electron chi connectivity index (χ0n) is 18.1. The molecule has 1 aliphatic carbocycles. The van der Waals surface area contributed by atoms with Gasteiger partial charge in [-0.1, -0.05) is 31.9 Å². The molecule has 2 fully saturated rings. The van der Waals surface area contributed by atoms with Crippen molar-refractivity contribution < 1.29 is 9.18 Å². The Labute approximate surface area is 179 Å². The molecule has 5 heteroatoms. The first-order valence-electron chi connectivity index (χ1n) is 11.2. The molecule has 0 spiro atoms. The Hall–Kier alpha value is -2.40. The van der Waals surface area contributed by atoms with Gasteiger partial charge in [0.2, 0.25) is 5.91 Å². The van der Waals surface area contributed by atoms with E-state index in [-0.39, 0.29) is 11.7 Å². The van der Waals surface area contributed by atoms with Crippen LogP contribution < -0.4 is 10.2 Å². The third kappa shape index (κ3) is 4.08. The number of aryl methyl sites for hydroxylation is 1. The number of halogens is 1. The van der Waals surface area contributed by atoms with Gasteiger partial charge in [0.15, 0.2) is 0 Å². The van der Waals surface area contributed by atoms with E-state index in [0.717, 1.165) is 75.2 Å². The SMILES string of the molecule is CCN1CCN(c2ccc(NC(=O)C3(c4cccc(F)c4)CCCC3)c(C)c2)CC1. The maximum atomic E-state index is 13.9. The van der Waals surface area contributed by atoms with E-state index in [0.29, 0.717) is 0 Å². The number of carbonyl (C=O) groups excluding carboxylic acids is 1. The molecule has 0 bridgehead atoms. The predicted molar refractivity (Wildman–Crippen MR) is 121 cm³/mol. The first kappa shape index (κ1) is 20.9. The number of likely N-dealkylation sites (N-methyl/N-ethyl adjacent to an activating group) is 1. The molecule has 2 aliphatic rings. The summed E-state index contributed by atoms with van der Waals surface area (Å²) in [6.07, 6.45) is 3.51. The monoisotopic (exact) mass is 409 g/mol. The lowest BCUT2D eigenvalue weighted by Gasteiger charge is -2.36. The maximum Gasteiger partial charge on any atom is 0.235 e. The van der Waals surface area contributed by atoms with Crippen molar-refractivity contribution in [1.29, 1.82) is 0 Å². The summed E-state index contributed by atoms with van der Waals surface area (Å²) in [6.45, 7) is 9.59. The van der Waals surface area contributed by atoms with Gasteiger partial charge in [0.05, 0.1) is 5.41 Å². The van der Waals surface area contributed by atoms with Crippen LogP contribution in [0, 0.1) is 12.7 Å². The van der Waals surface area contributed by atoms with Crippen LogP contribution in [0.1, 0.15) is 43.7 Å². The molecular weight excluding hydrogens is 377 g/mol. The Kier molecular flexibility index (Phi) is 6.09. The van der Waals surface area contributed by atoms with Crippen molar-refractivity contribution in [3.63, 3.8) is 0 Å². The highest BCUT2D eigenvalue weighted by molar-refractivity contribution is 6.00. The number of anilines is 2. The summed E-state index contributed by atoms with van der Waals surface area (Å²) in [4.78, 5) is 18.3. The van der Waals surface area contributed by atoms with Crippen molar-refractivity contribution in [1.82, 2.24) is 4.90 Å². The molecule has 160 valence electrons. The highest BCUT2D eigenvalue weighted by atomic mass is 19.1. The van der Waals surface area contributed by atoms with E-state index in [4.69, 9.17) is 0 Å². The second kappa shape index (κ2) is 8.76. The minimum atomic E-state index is -0.635. The molecule has 2 aromatic rings. The zero-order valence-corrected chi connectivity index (χ0v) is 18.1. The lowest BCUT2D eigenvalue weighted by molar-refractivity contribution is -0.121. The minimum absolute atomic E-state index is 0.0157. The first-order chi connectivity index (χ1) is 14.5. The van der Waals surface area contributed by atoms with Gasteiger partial charge < -0.3 is 15.1 Å². The van der Waals surface area contributed by atoms with Gasteiger partial charge in [0.25, 0.3) is 0 Å². The van der Waals surface area contributed by atoms with Crippen molar-refractivity contribution in [3.05, 3.63) is 59.4 Å². The highest BCUT2D eigenvalue weighted by Gasteiger charge is 2.43. The van der Waals surface area contributed by atoms with Gasteiger partial charge in [-0.25, -0.2) is 4.39 Å². The van der Waals surface area contributed by atoms with E-state index in [1.165, 1.54) is 17.8 Å². The average Bonchev–Trinajstić information content (AvgIpc) is 3.27. The highest BCUT2D eigenvalue weighted by Crippen LogP contribution is 2.42. The predicted octanol–water partition coefficient (Wildman–Crippen LogP) is 4.73. The van der Waals surface area contributed by atoms with Crippen molar-refractivity contribution >= 4 is 17.3 Å². The molecule has 1 saturated carbocycles. The number of hydrogen-bond donors (Lipinski definition) is 1. The third-order valence-electron chi connectivity index (χ3n) is 6.91. The van der Waals surface area contributed by atoms with Crippen LogP contribution in [0.4, 0.5) is 15.8 Å². The summed E-state index contributed by atoms with van der Waals surface area (Å²) >= 11 is 0. The molecule has 0 unspecified atom stereocenters. The Bertz CT molecular complexity index is 899. The van der Waals surface area contributed by atoms with Gasteiger partial charge in [0.1, 0.15) is 5.82 Å². The first-order valence-corrected chi connectivity index (χ1v) is 11.2. The Morgan fingerprint density at radius 1 is 1.07 bits per heavy atom. The van der Waals surface area contributed by atoms with Gasteiger partial charge >= 0.3 is 0 Å². The molecule has 4 nitrogen and oxygen atoms in total. The summed E-state index contributed by atoms with van der Waals surface area (Å²) in [6, 6.07) is 12.8. The molecule has 4 rings (SSSR count). The molecule has 1 amide bonds. The van der Waals surface area contributed by atoms with Crippen molar-refractivity contribution in [2.24, 2.45) is 0 Å². The number of carbonyl (C=O) groups is 1. The second-order valence-electron chi connectivity index (χ2n) is 8.67. The van der Waals surface area contributed by atoms with Crippen LogP contribution in [0.25, 0.3) is 0 Å². The number of piperazine rings is 1. The summed E-state index contributed by atoms with van der Waals surface area (Å²) in [5.41, 5.74) is 3.27. The Balaban J connectivity index is 1.51. The van der Waals surface area contributed by atoms with Crippen LogP contribution in [0.5, 0.6) is 0 Å². The van der Waals surface area contributed by atoms with Gasteiger partial charge in [0, 0.05) is 37.6 Å². The fraction of sp³-hybridized carbons (Fsp3) is 0.480. The number of hydrogen-bond acceptors (Lipinski definition) is 3. The van der Waals surface area contributed by atoms with Gasteiger partial charge in [-0.15, -0.1) is 0 Å². The fourth-order valence-corrected chi connectivity index (χ4v) is 4.96. The summed E-state index contributed by atoms with van der Waals surface area (Å²) in [5, 5.41) is 3.17. The van der Waals surface area contributed by atoms with Crippen molar-refractivity contribution in [2.75, 3.05) is 42.9 Å². The topological polar surface area (TPSA) is 35.6 Å². The van der Waals surface area contributed by atoms with E-state index < -0.39 is 5.41 Å². The number of amides is 1. The number of rotatable bonds is 5. The molecule has 1 aliphatic heterocycles.